The van der Waals surface area contributed by atoms with Gasteiger partial charge in [-0.2, -0.15) is 0 Å². The smallest absolute Gasteiger partial charge is 0.315 e. The summed E-state index contributed by atoms with van der Waals surface area (Å²) in [6, 6.07) is -0.103. The standard InChI is InChI=1S/C11H15NO2S2/c1-5-8-12(10(6-2)7-3)11(15)16-14-9(4)13/h5-7,10H,1-3,8H2,4H3. The quantitative estimate of drug-likeness (QED) is 0.429. The fraction of sp³-hybridized carbons (Fsp3) is 0.273. The van der Waals surface area contributed by atoms with E-state index in [0.29, 0.717) is 10.9 Å². The maximum absolute atomic E-state index is 10.7. The van der Waals surface area contributed by atoms with Gasteiger partial charge in [-0.15, -0.1) is 19.7 Å². The van der Waals surface area contributed by atoms with Crippen LogP contribution in [0.4, 0.5) is 0 Å². The van der Waals surface area contributed by atoms with Crippen molar-refractivity contribution in [3.63, 3.8) is 0 Å². The van der Waals surface area contributed by atoms with E-state index in [9.17, 15) is 4.79 Å². The summed E-state index contributed by atoms with van der Waals surface area (Å²) in [6.45, 7) is 12.9. The Morgan fingerprint density at radius 3 is 2.44 bits per heavy atom. The molecule has 0 radical (unpaired) electrons. The van der Waals surface area contributed by atoms with Gasteiger partial charge in [0.25, 0.3) is 0 Å². The van der Waals surface area contributed by atoms with E-state index in [-0.39, 0.29) is 12.0 Å². The number of rotatable bonds is 5. The van der Waals surface area contributed by atoms with Crippen LogP contribution in [0.15, 0.2) is 38.0 Å². The van der Waals surface area contributed by atoms with Gasteiger partial charge in [0.2, 0.25) is 0 Å². The molecule has 0 saturated heterocycles. The van der Waals surface area contributed by atoms with E-state index in [1.54, 1.807) is 23.1 Å². The topological polar surface area (TPSA) is 29.5 Å². The molecule has 0 atom stereocenters. The Hall–Kier alpha value is -1.07. The van der Waals surface area contributed by atoms with Gasteiger partial charge < -0.3 is 9.08 Å². The average molecular weight is 257 g/mol. The van der Waals surface area contributed by atoms with Crippen LogP contribution >= 0.6 is 24.3 Å². The lowest BCUT2D eigenvalue weighted by atomic mass is 10.2. The molecule has 0 spiro atoms. The molecule has 16 heavy (non-hydrogen) atoms. The zero-order chi connectivity index (χ0) is 12.6. The minimum absolute atomic E-state index is 0.103. The lowest BCUT2D eigenvalue weighted by Gasteiger charge is -2.27. The molecule has 88 valence electrons. The molecule has 0 heterocycles. The predicted octanol–water partition coefficient (Wildman–Crippen LogP) is 2.71. The van der Waals surface area contributed by atoms with Crippen molar-refractivity contribution >= 4 is 34.6 Å². The number of hydrogen-bond donors (Lipinski definition) is 0. The molecule has 0 aromatic carbocycles. The molecule has 0 aromatic rings. The summed E-state index contributed by atoms with van der Waals surface area (Å²) in [5, 5.41) is 0. The molecular weight excluding hydrogens is 242 g/mol. The fourth-order valence-electron chi connectivity index (χ4n) is 0.950. The molecular formula is C11H15NO2S2. The minimum atomic E-state index is -0.389. The Bertz CT molecular complexity index is 294. The van der Waals surface area contributed by atoms with Crippen LogP contribution in [-0.4, -0.2) is 27.8 Å². The van der Waals surface area contributed by atoms with Gasteiger partial charge in [-0.05, 0) is 12.2 Å². The van der Waals surface area contributed by atoms with Crippen LogP contribution in [0.25, 0.3) is 0 Å². The second-order valence-corrected chi connectivity index (χ2v) is 4.19. The first-order valence-corrected chi connectivity index (χ1v) is 5.73. The molecule has 0 bridgehead atoms. The van der Waals surface area contributed by atoms with E-state index in [0.717, 1.165) is 12.0 Å². The third-order valence-corrected chi connectivity index (χ3v) is 2.77. The normalized spacial score (nSPS) is 9.38. The highest BCUT2D eigenvalue weighted by Gasteiger charge is 2.16. The molecule has 0 aliphatic rings. The van der Waals surface area contributed by atoms with Gasteiger partial charge in [-0.25, -0.2) is 0 Å². The van der Waals surface area contributed by atoms with Gasteiger partial charge in [0.05, 0.1) is 6.04 Å². The molecule has 0 rings (SSSR count). The highest BCUT2D eigenvalue weighted by atomic mass is 32.2. The Labute approximate surface area is 106 Å². The summed E-state index contributed by atoms with van der Waals surface area (Å²) in [7, 11) is 0. The molecule has 5 heteroatoms. The van der Waals surface area contributed by atoms with Crippen molar-refractivity contribution in [3.05, 3.63) is 38.0 Å². The number of hydrogen-bond acceptors (Lipinski definition) is 4. The second kappa shape index (κ2) is 8.13. The van der Waals surface area contributed by atoms with Crippen LogP contribution < -0.4 is 0 Å². The third-order valence-electron chi connectivity index (χ3n) is 1.63. The van der Waals surface area contributed by atoms with Gasteiger partial charge in [0, 0.05) is 13.5 Å². The SMILES string of the molecule is C=CCN(C(=S)SOC(C)=O)C(C=C)C=C. The molecule has 0 amide bonds. The van der Waals surface area contributed by atoms with Crippen LogP contribution in [-0.2, 0) is 8.98 Å². The van der Waals surface area contributed by atoms with Crippen molar-refractivity contribution in [2.24, 2.45) is 0 Å². The van der Waals surface area contributed by atoms with Crippen molar-refractivity contribution in [3.8, 4) is 0 Å². The molecule has 0 N–H and O–H groups in total. The van der Waals surface area contributed by atoms with Gasteiger partial charge in [0.1, 0.15) is 12.0 Å². The monoisotopic (exact) mass is 257 g/mol. The van der Waals surface area contributed by atoms with Crippen molar-refractivity contribution in [1.82, 2.24) is 4.90 Å². The van der Waals surface area contributed by atoms with Gasteiger partial charge >= 0.3 is 5.97 Å². The third kappa shape index (κ3) is 5.14. The summed E-state index contributed by atoms with van der Waals surface area (Å²) in [4.78, 5) is 12.5. The lowest BCUT2D eigenvalue weighted by molar-refractivity contribution is -0.130. The Kier molecular flexibility index (Phi) is 7.58. The largest absolute Gasteiger partial charge is 0.384 e. The van der Waals surface area contributed by atoms with E-state index in [1.807, 2.05) is 0 Å². The van der Waals surface area contributed by atoms with E-state index in [2.05, 4.69) is 19.7 Å². The van der Waals surface area contributed by atoms with E-state index >= 15 is 0 Å². The summed E-state index contributed by atoms with van der Waals surface area (Å²) in [5.74, 6) is -0.389. The molecule has 0 aliphatic heterocycles. The Morgan fingerprint density at radius 1 is 1.50 bits per heavy atom. The molecule has 0 aliphatic carbocycles. The second-order valence-electron chi connectivity index (χ2n) is 2.83. The predicted molar refractivity (Wildman–Crippen MR) is 73.0 cm³/mol. The van der Waals surface area contributed by atoms with E-state index < -0.39 is 0 Å². The van der Waals surface area contributed by atoms with Gasteiger partial charge in [0.15, 0.2) is 4.32 Å². The summed E-state index contributed by atoms with van der Waals surface area (Å²) >= 11 is 5.99. The van der Waals surface area contributed by atoms with Crippen molar-refractivity contribution < 1.29 is 8.98 Å². The van der Waals surface area contributed by atoms with Gasteiger partial charge in [-0.1, -0.05) is 18.2 Å². The minimum Gasteiger partial charge on any atom is -0.384 e. The first kappa shape index (κ1) is 14.9. The van der Waals surface area contributed by atoms with Crippen molar-refractivity contribution in [2.45, 2.75) is 13.0 Å². The average Bonchev–Trinajstić information content (AvgIpc) is 2.26. The van der Waals surface area contributed by atoms with Crippen LogP contribution in [0.5, 0.6) is 0 Å². The van der Waals surface area contributed by atoms with Crippen LogP contribution in [0.3, 0.4) is 0 Å². The number of carbonyl (C=O) groups excluding carboxylic acids is 1. The lowest BCUT2D eigenvalue weighted by Crippen LogP contribution is -2.35. The molecule has 0 fully saturated rings. The van der Waals surface area contributed by atoms with Crippen molar-refractivity contribution in [1.29, 1.82) is 0 Å². The summed E-state index contributed by atoms with van der Waals surface area (Å²) in [5.41, 5.74) is 0. The molecule has 0 saturated carbocycles. The van der Waals surface area contributed by atoms with E-state index in [1.165, 1.54) is 6.92 Å². The zero-order valence-corrected chi connectivity index (χ0v) is 10.9. The Morgan fingerprint density at radius 2 is 2.06 bits per heavy atom. The van der Waals surface area contributed by atoms with Crippen LogP contribution in [0.1, 0.15) is 6.92 Å². The summed E-state index contributed by atoms with van der Waals surface area (Å²) < 4.78 is 5.21. The Balaban J connectivity index is 4.55. The highest BCUT2D eigenvalue weighted by Crippen LogP contribution is 2.15. The molecule has 0 aromatic heterocycles. The zero-order valence-electron chi connectivity index (χ0n) is 9.22. The number of thiocarbonyl (C=S) groups is 1. The first-order chi connectivity index (χ1) is 7.56. The maximum Gasteiger partial charge on any atom is 0.315 e. The fourth-order valence-corrected chi connectivity index (χ4v) is 1.73. The van der Waals surface area contributed by atoms with Crippen LogP contribution in [0.2, 0.25) is 0 Å². The first-order valence-electron chi connectivity index (χ1n) is 4.58. The number of nitrogens with zero attached hydrogens (tertiary/aromatic N) is 1. The van der Waals surface area contributed by atoms with Crippen LogP contribution in [0, 0.1) is 0 Å². The van der Waals surface area contributed by atoms with E-state index in [4.69, 9.17) is 16.4 Å². The van der Waals surface area contributed by atoms with Crippen molar-refractivity contribution in [2.75, 3.05) is 6.54 Å². The molecule has 0 unspecified atom stereocenters. The maximum atomic E-state index is 10.7. The highest BCUT2D eigenvalue weighted by molar-refractivity contribution is 8.20. The molecule has 3 nitrogen and oxygen atoms in total. The van der Waals surface area contributed by atoms with Gasteiger partial charge in [-0.3, -0.25) is 4.79 Å². The summed E-state index contributed by atoms with van der Waals surface area (Å²) in [6.07, 6.45) is 5.12. The number of carbonyl (C=O) groups is 1.